The predicted octanol–water partition coefficient (Wildman–Crippen LogP) is 4.53. The number of nitriles is 1. The van der Waals surface area contributed by atoms with Crippen molar-refractivity contribution in [1.82, 2.24) is 10.1 Å². The van der Waals surface area contributed by atoms with Crippen molar-refractivity contribution in [2.75, 3.05) is 5.32 Å². The molecular formula is C21H16N4O3. The molecule has 1 aromatic carbocycles. The number of hydrogen-bond donors (Lipinski definition) is 1. The van der Waals surface area contributed by atoms with Gasteiger partial charge in [-0.05, 0) is 57.2 Å². The number of pyridine rings is 1. The first kappa shape index (κ1) is 17.5. The normalized spacial score (nSPS) is 10.8. The summed E-state index contributed by atoms with van der Waals surface area (Å²) in [5.41, 5.74) is 3.75. The number of fused-ring (bicyclic) bond motifs is 1. The van der Waals surface area contributed by atoms with Crippen LogP contribution in [0.1, 0.15) is 33.1 Å². The number of aryl methyl sites for hydroxylation is 3. The Labute approximate surface area is 160 Å². The molecule has 4 aromatic rings. The van der Waals surface area contributed by atoms with E-state index in [1.165, 1.54) is 0 Å². The van der Waals surface area contributed by atoms with Gasteiger partial charge in [-0.2, -0.15) is 5.26 Å². The van der Waals surface area contributed by atoms with Crippen LogP contribution in [0, 0.1) is 32.1 Å². The lowest BCUT2D eigenvalue weighted by molar-refractivity contribution is 0.102. The zero-order valence-corrected chi connectivity index (χ0v) is 15.5. The number of benzene rings is 1. The van der Waals surface area contributed by atoms with Crippen LogP contribution in [-0.2, 0) is 0 Å². The first-order valence-corrected chi connectivity index (χ1v) is 8.62. The van der Waals surface area contributed by atoms with Crippen LogP contribution >= 0.6 is 0 Å². The average molecular weight is 372 g/mol. The highest BCUT2D eigenvalue weighted by molar-refractivity contribution is 6.13. The Hall–Kier alpha value is -3.92. The molecule has 0 aliphatic rings. The molecule has 28 heavy (non-hydrogen) atoms. The van der Waals surface area contributed by atoms with Gasteiger partial charge in [0.25, 0.3) is 11.6 Å². The van der Waals surface area contributed by atoms with Crippen LogP contribution in [-0.4, -0.2) is 16.0 Å². The second-order valence-corrected chi connectivity index (χ2v) is 6.47. The quantitative estimate of drug-likeness (QED) is 0.566. The monoisotopic (exact) mass is 372 g/mol. The Morgan fingerprint density at radius 1 is 1.14 bits per heavy atom. The van der Waals surface area contributed by atoms with E-state index in [0.29, 0.717) is 45.1 Å². The van der Waals surface area contributed by atoms with E-state index < -0.39 is 0 Å². The molecule has 0 aliphatic heterocycles. The van der Waals surface area contributed by atoms with Gasteiger partial charge in [-0.3, -0.25) is 4.79 Å². The molecule has 0 atom stereocenters. The summed E-state index contributed by atoms with van der Waals surface area (Å²) in [6.07, 6.45) is 0. The van der Waals surface area contributed by atoms with Gasteiger partial charge >= 0.3 is 0 Å². The minimum absolute atomic E-state index is 0.290. The van der Waals surface area contributed by atoms with Gasteiger partial charge in [0.15, 0.2) is 0 Å². The maximum absolute atomic E-state index is 13.0. The van der Waals surface area contributed by atoms with Crippen molar-refractivity contribution in [3.05, 3.63) is 64.7 Å². The maximum Gasteiger partial charge on any atom is 0.259 e. The van der Waals surface area contributed by atoms with Gasteiger partial charge in [0, 0.05) is 11.3 Å². The smallest absolute Gasteiger partial charge is 0.259 e. The Morgan fingerprint density at radius 3 is 2.54 bits per heavy atom. The van der Waals surface area contributed by atoms with Crippen LogP contribution in [0.2, 0.25) is 0 Å². The van der Waals surface area contributed by atoms with E-state index in [4.69, 9.17) is 14.2 Å². The molecule has 0 saturated carbocycles. The first-order chi connectivity index (χ1) is 13.5. The van der Waals surface area contributed by atoms with Crippen molar-refractivity contribution in [2.24, 2.45) is 0 Å². The van der Waals surface area contributed by atoms with Crippen molar-refractivity contribution < 1.29 is 13.7 Å². The number of carbonyl (C=O) groups excluding carboxylic acids is 1. The molecule has 0 saturated heterocycles. The fourth-order valence-electron chi connectivity index (χ4n) is 3.12. The average Bonchev–Trinajstić information content (AvgIpc) is 3.23. The molecule has 1 amide bonds. The van der Waals surface area contributed by atoms with Gasteiger partial charge in [0.1, 0.15) is 11.5 Å². The third-order valence-electron chi connectivity index (χ3n) is 4.45. The molecule has 0 radical (unpaired) electrons. The highest BCUT2D eigenvalue weighted by Gasteiger charge is 2.21. The molecule has 0 unspecified atom stereocenters. The second-order valence-electron chi connectivity index (χ2n) is 6.47. The number of nitrogens with one attached hydrogen (secondary N) is 1. The van der Waals surface area contributed by atoms with E-state index in [1.807, 2.05) is 26.0 Å². The molecular weight excluding hydrogens is 356 g/mol. The highest BCUT2D eigenvalue weighted by Crippen LogP contribution is 2.30. The van der Waals surface area contributed by atoms with Gasteiger partial charge in [0.05, 0.1) is 34.0 Å². The van der Waals surface area contributed by atoms with Crippen LogP contribution in [0.4, 0.5) is 5.69 Å². The lowest BCUT2D eigenvalue weighted by Crippen LogP contribution is -2.13. The van der Waals surface area contributed by atoms with E-state index in [1.54, 1.807) is 37.3 Å². The number of rotatable bonds is 3. The van der Waals surface area contributed by atoms with Crippen LogP contribution < -0.4 is 5.32 Å². The van der Waals surface area contributed by atoms with Crippen molar-refractivity contribution in [3.8, 4) is 17.3 Å². The molecule has 7 heteroatoms. The second kappa shape index (κ2) is 6.67. The zero-order valence-electron chi connectivity index (χ0n) is 15.5. The Bertz CT molecular complexity index is 1240. The summed E-state index contributed by atoms with van der Waals surface area (Å²) in [5.74, 6) is 1.15. The number of furan rings is 1. The van der Waals surface area contributed by atoms with E-state index in [0.717, 1.165) is 11.3 Å². The summed E-state index contributed by atoms with van der Waals surface area (Å²) in [6, 6.07) is 12.3. The summed E-state index contributed by atoms with van der Waals surface area (Å²) in [5, 5.41) is 16.3. The van der Waals surface area contributed by atoms with Crippen LogP contribution in [0.5, 0.6) is 0 Å². The molecule has 0 bridgehead atoms. The van der Waals surface area contributed by atoms with Gasteiger partial charge < -0.3 is 14.3 Å². The van der Waals surface area contributed by atoms with Crippen molar-refractivity contribution in [3.63, 3.8) is 0 Å². The Morgan fingerprint density at radius 2 is 1.89 bits per heavy atom. The van der Waals surface area contributed by atoms with Crippen molar-refractivity contribution >= 4 is 22.7 Å². The van der Waals surface area contributed by atoms with Gasteiger partial charge in [-0.1, -0.05) is 5.16 Å². The molecule has 7 nitrogen and oxygen atoms in total. The Balaban J connectivity index is 1.80. The lowest BCUT2D eigenvalue weighted by atomic mass is 10.1. The standard InChI is InChI=1S/C21H16N4O3/c1-11-8-16(13(3)27-11)18-9-17(19-12(2)25-28-21(19)24-18)20(26)23-15-6-4-14(10-22)5-7-15/h4-9H,1-3H3,(H,23,26). The molecule has 0 aliphatic carbocycles. The molecule has 0 spiro atoms. The summed E-state index contributed by atoms with van der Waals surface area (Å²) >= 11 is 0. The van der Waals surface area contributed by atoms with Crippen LogP contribution in [0.15, 0.2) is 45.3 Å². The SMILES string of the molecule is Cc1cc(-c2cc(C(=O)Nc3ccc(C#N)cc3)c3c(C)noc3n2)c(C)o1. The minimum Gasteiger partial charge on any atom is -0.466 e. The lowest BCUT2D eigenvalue weighted by Gasteiger charge is -2.08. The Kier molecular flexibility index (Phi) is 4.17. The zero-order chi connectivity index (χ0) is 19.8. The minimum atomic E-state index is -0.317. The van der Waals surface area contributed by atoms with Gasteiger partial charge in [-0.15, -0.1) is 0 Å². The number of hydrogen-bond acceptors (Lipinski definition) is 6. The fraction of sp³-hybridized carbons (Fsp3) is 0.143. The third-order valence-corrected chi connectivity index (χ3v) is 4.45. The maximum atomic E-state index is 13.0. The number of amides is 1. The first-order valence-electron chi connectivity index (χ1n) is 8.62. The number of aromatic nitrogens is 2. The highest BCUT2D eigenvalue weighted by atomic mass is 16.5. The molecule has 4 rings (SSSR count). The van der Waals surface area contributed by atoms with Gasteiger partial charge in [0.2, 0.25) is 0 Å². The summed E-state index contributed by atoms with van der Waals surface area (Å²) in [6.45, 7) is 5.46. The molecule has 0 fully saturated rings. The van der Waals surface area contributed by atoms with Crippen LogP contribution in [0.3, 0.4) is 0 Å². The van der Waals surface area contributed by atoms with Crippen molar-refractivity contribution in [2.45, 2.75) is 20.8 Å². The van der Waals surface area contributed by atoms with Gasteiger partial charge in [-0.25, -0.2) is 4.98 Å². The fourth-order valence-corrected chi connectivity index (χ4v) is 3.12. The molecule has 1 N–H and O–H groups in total. The number of carbonyl (C=O) groups is 1. The van der Waals surface area contributed by atoms with E-state index in [-0.39, 0.29) is 5.91 Å². The molecule has 3 heterocycles. The van der Waals surface area contributed by atoms with Crippen LogP contribution in [0.25, 0.3) is 22.4 Å². The summed E-state index contributed by atoms with van der Waals surface area (Å²) in [7, 11) is 0. The summed E-state index contributed by atoms with van der Waals surface area (Å²) < 4.78 is 10.9. The van der Waals surface area contributed by atoms with E-state index in [9.17, 15) is 4.79 Å². The molecule has 138 valence electrons. The number of nitrogens with zero attached hydrogens (tertiary/aromatic N) is 3. The molecule has 3 aromatic heterocycles. The third kappa shape index (κ3) is 3.01. The predicted molar refractivity (Wildman–Crippen MR) is 103 cm³/mol. The summed E-state index contributed by atoms with van der Waals surface area (Å²) in [4.78, 5) is 17.5. The van der Waals surface area contributed by atoms with E-state index >= 15 is 0 Å². The largest absolute Gasteiger partial charge is 0.466 e. The van der Waals surface area contributed by atoms with E-state index in [2.05, 4.69) is 15.5 Å². The van der Waals surface area contributed by atoms with Crippen molar-refractivity contribution in [1.29, 1.82) is 5.26 Å². The number of anilines is 1. The topological polar surface area (TPSA) is 105 Å².